The molecule has 0 aromatic heterocycles. The van der Waals surface area contributed by atoms with Crippen molar-refractivity contribution in [3.63, 3.8) is 0 Å². The number of hydrogen-bond donors (Lipinski definition) is 1. The number of ether oxygens (including phenoxy) is 3. The van der Waals surface area contributed by atoms with Crippen LogP contribution in [-0.2, 0) is 14.2 Å². The van der Waals surface area contributed by atoms with Crippen LogP contribution in [0.1, 0.15) is 47.5 Å². The van der Waals surface area contributed by atoms with E-state index in [1.165, 1.54) is 0 Å². The van der Waals surface area contributed by atoms with Crippen molar-refractivity contribution in [3.05, 3.63) is 0 Å². The molecule has 0 unspecified atom stereocenters. The topological polar surface area (TPSA) is 47.9 Å². The highest BCUT2D eigenvalue weighted by Crippen LogP contribution is 1.93. The van der Waals surface area contributed by atoms with Gasteiger partial charge in [-0.25, -0.2) is 0 Å². The largest absolute Gasteiger partial charge is 0.394 e. The maximum absolute atomic E-state index is 8.34. The number of aliphatic hydroxyl groups excluding tert-OH is 1. The van der Waals surface area contributed by atoms with Gasteiger partial charge >= 0.3 is 0 Å². The first-order valence-corrected chi connectivity index (χ1v) is 6.96. The highest BCUT2D eigenvalue weighted by molar-refractivity contribution is 4.40. The fourth-order valence-corrected chi connectivity index (χ4v) is 1.18. The lowest BCUT2D eigenvalue weighted by Gasteiger charge is -2.09. The number of hydrogen-bond acceptors (Lipinski definition) is 4. The standard InChI is InChI=1S/C8H18O3.C6H14O/c1-2-3-5-10-7-8-11-6-4-9;1-5(2)7-6(3)4/h9H,2-8H2,1H3;5-6H,1-4H3. The third-order valence-corrected chi connectivity index (χ3v) is 1.79. The molecule has 0 atom stereocenters. The molecule has 1 N–H and O–H groups in total. The lowest BCUT2D eigenvalue weighted by atomic mass is 10.4. The molecule has 0 aliphatic heterocycles. The molecular formula is C14H32O4. The Balaban J connectivity index is 0. The molecule has 0 heterocycles. The number of unbranched alkanes of at least 4 members (excludes halogenated alkanes) is 1. The minimum absolute atomic E-state index is 0.0922. The predicted octanol–water partition coefficient (Wildman–Crippen LogP) is 2.63. The Hall–Kier alpha value is -0.160. The SMILES string of the molecule is CC(C)OC(C)C.CCCCOCCOCCO. The molecule has 0 bridgehead atoms. The van der Waals surface area contributed by atoms with E-state index in [1.807, 2.05) is 27.7 Å². The zero-order valence-corrected chi connectivity index (χ0v) is 12.8. The molecule has 4 heteroatoms. The quantitative estimate of drug-likeness (QED) is 0.616. The van der Waals surface area contributed by atoms with Crippen LogP contribution in [0, 0.1) is 0 Å². The van der Waals surface area contributed by atoms with Crippen molar-refractivity contribution in [2.24, 2.45) is 0 Å². The first-order valence-electron chi connectivity index (χ1n) is 6.96. The van der Waals surface area contributed by atoms with E-state index in [-0.39, 0.29) is 6.61 Å². The van der Waals surface area contributed by atoms with Gasteiger partial charge in [-0.2, -0.15) is 0 Å². The molecule has 0 rings (SSSR count). The molecule has 0 aliphatic rings. The van der Waals surface area contributed by atoms with Crippen LogP contribution in [0.25, 0.3) is 0 Å². The first-order chi connectivity index (χ1) is 8.54. The van der Waals surface area contributed by atoms with Crippen LogP contribution in [0.4, 0.5) is 0 Å². The minimum Gasteiger partial charge on any atom is -0.394 e. The van der Waals surface area contributed by atoms with Gasteiger partial charge in [0.1, 0.15) is 0 Å². The molecule has 112 valence electrons. The van der Waals surface area contributed by atoms with Crippen molar-refractivity contribution in [2.75, 3.05) is 33.0 Å². The van der Waals surface area contributed by atoms with E-state index in [4.69, 9.17) is 19.3 Å². The Morgan fingerprint density at radius 2 is 1.33 bits per heavy atom. The van der Waals surface area contributed by atoms with E-state index < -0.39 is 0 Å². The van der Waals surface area contributed by atoms with Crippen LogP contribution in [-0.4, -0.2) is 50.3 Å². The van der Waals surface area contributed by atoms with E-state index in [9.17, 15) is 0 Å². The summed E-state index contributed by atoms with van der Waals surface area (Å²) in [7, 11) is 0. The van der Waals surface area contributed by atoms with Gasteiger partial charge in [0, 0.05) is 6.61 Å². The molecule has 0 radical (unpaired) electrons. The normalized spacial score (nSPS) is 10.7. The monoisotopic (exact) mass is 264 g/mol. The fourth-order valence-electron chi connectivity index (χ4n) is 1.18. The van der Waals surface area contributed by atoms with Gasteiger partial charge in [-0.3, -0.25) is 0 Å². The highest BCUT2D eigenvalue weighted by Gasteiger charge is 1.94. The summed E-state index contributed by atoms with van der Waals surface area (Å²) in [6, 6.07) is 0. The average molecular weight is 264 g/mol. The van der Waals surface area contributed by atoms with E-state index in [0.717, 1.165) is 19.4 Å². The van der Waals surface area contributed by atoms with Gasteiger partial charge in [0.05, 0.1) is 38.6 Å². The molecule has 0 saturated heterocycles. The van der Waals surface area contributed by atoms with Crippen molar-refractivity contribution < 1.29 is 19.3 Å². The van der Waals surface area contributed by atoms with Crippen molar-refractivity contribution in [3.8, 4) is 0 Å². The van der Waals surface area contributed by atoms with Crippen LogP contribution in [0.5, 0.6) is 0 Å². The summed E-state index contributed by atoms with van der Waals surface area (Å²) in [5.74, 6) is 0. The maximum atomic E-state index is 8.34. The van der Waals surface area contributed by atoms with E-state index >= 15 is 0 Å². The van der Waals surface area contributed by atoms with Gasteiger partial charge in [-0.05, 0) is 34.1 Å². The Morgan fingerprint density at radius 1 is 0.833 bits per heavy atom. The smallest absolute Gasteiger partial charge is 0.0701 e. The summed E-state index contributed by atoms with van der Waals surface area (Å²) in [4.78, 5) is 0. The molecule has 0 saturated carbocycles. The summed E-state index contributed by atoms with van der Waals surface area (Å²) >= 11 is 0. The Labute approximate surface area is 113 Å². The van der Waals surface area contributed by atoms with Gasteiger partial charge < -0.3 is 19.3 Å². The van der Waals surface area contributed by atoms with Crippen LogP contribution in [0.15, 0.2) is 0 Å². The number of rotatable bonds is 10. The zero-order valence-electron chi connectivity index (χ0n) is 12.8. The summed E-state index contributed by atoms with van der Waals surface area (Å²) < 4.78 is 15.5. The van der Waals surface area contributed by atoms with E-state index in [2.05, 4.69) is 6.92 Å². The Bertz CT molecular complexity index is 124. The third-order valence-electron chi connectivity index (χ3n) is 1.79. The zero-order chi connectivity index (χ0) is 14.2. The lowest BCUT2D eigenvalue weighted by Crippen LogP contribution is -2.09. The molecule has 0 aromatic carbocycles. The molecule has 0 spiro atoms. The average Bonchev–Trinajstić information content (AvgIpc) is 2.27. The molecule has 0 aromatic rings. The molecule has 18 heavy (non-hydrogen) atoms. The predicted molar refractivity (Wildman–Crippen MR) is 75.0 cm³/mol. The van der Waals surface area contributed by atoms with E-state index in [0.29, 0.717) is 32.0 Å². The van der Waals surface area contributed by atoms with E-state index in [1.54, 1.807) is 0 Å². The molecular weight excluding hydrogens is 232 g/mol. The van der Waals surface area contributed by atoms with Gasteiger partial charge in [-0.15, -0.1) is 0 Å². The Morgan fingerprint density at radius 3 is 1.67 bits per heavy atom. The van der Waals surface area contributed by atoms with Gasteiger partial charge in [0.15, 0.2) is 0 Å². The second kappa shape index (κ2) is 16.8. The second-order valence-electron chi connectivity index (χ2n) is 4.54. The molecule has 0 amide bonds. The van der Waals surface area contributed by atoms with Crippen LogP contribution >= 0.6 is 0 Å². The lowest BCUT2D eigenvalue weighted by molar-refractivity contribution is 0.0300. The van der Waals surface area contributed by atoms with Gasteiger partial charge in [-0.1, -0.05) is 13.3 Å². The molecule has 4 nitrogen and oxygen atoms in total. The minimum atomic E-state index is 0.0922. The molecule has 0 aliphatic carbocycles. The summed E-state index contributed by atoms with van der Waals surface area (Å²) in [6.07, 6.45) is 3.03. The summed E-state index contributed by atoms with van der Waals surface area (Å²) in [5, 5.41) is 8.34. The van der Waals surface area contributed by atoms with Crippen LogP contribution in [0.2, 0.25) is 0 Å². The maximum Gasteiger partial charge on any atom is 0.0701 e. The van der Waals surface area contributed by atoms with Crippen molar-refractivity contribution >= 4 is 0 Å². The second-order valence-corrected chi connectivity index (χ2v) is 4.54. The summed E-state index contributed by atoms with van der Waals surface area (Å²) in [6.45, 7) is 12.8. The third kappa shape index (κ3) is 24.9. The van der Waals surface area contributed by atoms with Gasteiger partial charge in [0.25, 0.3) is 0 Å². The highest BCUT2D eigenvalue weighted by atomic mass is 16.5. The van der Waals surface area contributed by atoms with Gasteiger partial charge in [0.2, 0.25) is 0 Å². The van der Waals surface area contributed by atoms with Crippen molar-refractivity contribution in [2.45, 2.75) is 59.7 Å². The van der Waals surface area contributed by atoms with Crippen molar-refractivity contribution in [1.82, 2.24) is 0 Å². The fraction of sp³-hybridized carbons (Fsp3) is 1.00. The number of aliphatic hydroxyl groups is 1. The van der Waals surface area contributed by atoms with Crippen LogP contribution < -0.4 is 0 Å². The summed E-state index contributed by atoms with van der Waals surface area (Å²) in [5.41, 5.74) is 0. The Kier molecular flexibility index (Phi) is 18.9. The first kappa shape index (κ1) is 20.2. The van der Waals surface area contributed by atoms with Crippen LogP contribution in [0.3, 0.4) is 0 Å². The van der Waals surface area contributed by atoms with Crippen molar-refractivity contribution in [1.29, 1.82) is 0 Å². The molecule has 0 fully saturated rings.